The maximum Gasteiger partial charge on any atom is 0.231 e. The van der Waals surface area contributed by atoms with E-state index in [1.54, 1.807) is 12.1 Å². The van der Waals surface area contributed by atoms with Crippen molar-refractivity contribution in [2.45, 2.75) is 25.7 Å². The number of carbonyl (C=O) groups excluding carboxylic acids is 1. The predicted octanol–water partition coefficient (Wildman–Crippen LogP) is 2.29. The first-order valence-electron chi connectivity index (χ1n) is 7.31. The molecule has 1 amide bonds. The van der Waals surface area contributed by atoms with Gasteiger partial charge in [-0.05, 0) is 31.0 Å². The lowest BCUT2D eigenvalue weighted by Crippen LogP contribution is -2.40. The van der Waals surface area contributed by atoms with Crippen LogP contribution in [0.5, 0.6) is 0 Å². The Morgan fingerprint density at radius 3 is 2.70 bits per heavy atom. The van der Waals surface area contributed by atoms with E-state index in [9.17, 15) is 9.18 Å². The Balaban J connectivity index is 0.00000192. The van der Waals surface area contributed by atoms with Crippen molar-refractivity contribution < 1.29 is 9.18 Å². The maximum atomic E-state index is 14.2. The molecule has 1 aromatic carbocycles. The fraction of sp³-hybridized carbons (Fsp3) is 0.400. The van der Waals surface area contributed by atoms with Crippen molar-refractivity contribution in [3.05, 3.63) is 36.7 Å². The molecule has 8 heteroatoms. The Hall–Kier alpha value is -1.99. The van der Waals surface area contributed by atoms with Crippen molar-refractivity contribution in [1.82, 2.24) is 14.8 Å². The van der Waals surface area contributed by atoms with Crippen molar-refractivity contribution >= 4 is 24.0 Å². The predicted molar refractivity (Wildman–Crippen MR) is 87.2 cm³/mol. The number of benzene rings is 1. The highest BCUT2D eigenvalue weighted by atomic mass is 35.5. The molecular weight excluding hydrogens is 321 g/mol. The van der Waals surface area contributed by atoms with E-state index >= 15 is 0 Å². The number of halogens is 2. The molecule has 1 heterocycles. The summed E-state index contributed by atoms with van der Waals surface area (Å²) in [4.78, 5) is 16.2. The molecule has 0 bridgehead atoms. The van der Waals surface area contributed by atoms with Crippen LogP contribution in [0.15, 0.2) is 30.9 Å². The third kappa shape index (κ3) is 3.35. The van der Waals surface area contributed by atoms with E-state index in [4.69, 9.17) is 5.73 Å². The zero-order chi connectivity index (χ0) is 15.6. The molecule has 0 unspecified atom stereocenters. The van der Waals surface area contributed by atoms with Crippen LogP contribution in [0.1, 0.15) is 25.7 Å². The van der Waals surface area contributed by atoms with Crippen LogP contribution in [0.3, 0.4) is 0 Å². The van der Waals surface area contributed by atoms with E-state index in [-0.39, 0.29) is 24.0 Å². The van der Waals surface area contributed by atoms with Crippen molar-refractivity contribution in [3.63, 3.8) is 0 Å². The van der Waals surface area contributed by atoms with Crippen LogP contribution in [0.4, 0.5) is 10.1 Å². The van der Waals surface area contributed by atoms with Gasteiger partial charge in [-0.2, -0.15) is 5.10 Å². The Labute approximate surface area is 139 Å². The topological polar surface area (TPSA) is 85.8 Å². The maximum absolute atomic E-state index is 14.2. The average molecular weight is 340 g/mol. The first-order chi connectivity index (χ1) is 10.6. The Kier molecular flexibility index (Phi) is 5.33. The zero-order valence-electron chi connectivity index (χ0n) is 12.5. The van der Waals surface area contributed by atoms with Gasteiger partial charge in [0.2, 0.25) is 5.91 Å². The molecule has 0 atom stereocenters. The number of nitrogens with one attached hydrogen (secondary N) is 1. The molecule has 6 nitrogen and oxygen atoms in total. The highest BCUT2D eigenvalue weighted by molar-refractivity contribution is 5.95. The number of aromatic nitrogens is 3. The molecule has 124 valence electrons. The highest BCUT2D eigenvalue weighted by Gasteiger charge is 2.39. The molecule has 1 fully saturated rings. The van der Waals surface area contributed by atoms with Crippen molar-refractivity contribution in [2.75, 3.05) is 11.9 Å². The van der Waals surface area contributed by atoms with Gasteiger partial charge in [-0.1, -0.05) is 12.8 Å². The summed E-state index contributed by atoms with van der Waals surface area (Å²) in [6.45, 7) is 0.318. The molecule has 0 spiro atoms. The number of rotatable bonds is 4. The second kappa shape index (κ2) is 7.06. The van der Waals surface area contributed by atoms with Crippen LogP contribution >= 0.6 is 12.4 Å². The van der Waals surface area contributed by atoms with Gasteiger partial charge >= 0.3 is 0 Å². The minimum absolute atomic E-state index is 0. The van der Waals surface area contributed by atoms with E-state index < -0.39 is 11.2 Å². The molecule has 1 aliphatic rings. The number of hydrogen-bond acceptors (Lipinski definition) is 4. The minimum atomic E-state index is -0.513. The van der Waals surface area contributed by atoms with Crippen LogP contribution < -0.4 is 11.1 Å². The first kappa shape index (κ1) is 17.4. The van der Waals surface area contributed by atoms with Gasteiger partial charge in [0.25, 0.3) is 0 Å². The largest absolute Gasteiger partial charge is 0.329 e. The third-order valence-electron chi connectivity index (χ3n) is 4.30. The quantitative estimate of drug-likeness (QED) is 0.894. The van der Waals surface area contributed by atoms with Crippen molar-refractivity contribution in [2.24, 2.45) is 11.1 Å². The van der Waals surface area contributed by atoms with E-state index in [0.717, 1.165) is 25.7 Å². The lowest BCUT2D eigenvalue weighted by molar-refractivity contribution is -0.124. The monoisotopic (exact) mass is 339 g/mol. The second-order valence-electron chi connectivity index (χ2n) is 5.65. The van der Waals surface area contributed by atoms with Crippen molar-refractivity contribution in [1.29, 1.82) is 0 Å². The van der Waals surface area contributed by atoms with Gasteiger partial charge in [-0.15, -0.1) is 12.4 Å². The fourth-order valence-electron chi connectivity index (χ4n) is 2.94. The molecule has 0 aliphatic heterocycles. The first-order valence-corrected chi connectivity index (χ1v) is 7.31. The van der Waals surface area contributed by atoms with Gasteiger partial charge in [0, 0.05) is 12.2 Å². The normalized spacial score (nSPS) is 15.9. The van der Waals surface area contributed by atoms with Crippen LogP contribution in [0, 0.1) is 11.2 Å². The lowest BCUT2D eigenvalue weighted by Gasteiger charge is -2.25. The van der Waals surface area contributed by atoms with E-state index in [0.29, 0.717) is 12.2 Å². The number of nitrogens with zero attached hydrogens (tertiary/aromatic N) is 3. The summed E-state index contributed by atoms with van der Waals surface area (Å²) in [6, 6.07) is 4.49. The molecule has 1 aromatic heterocycles. The van der Waals surface area contributed by atoms with Gasteiger partial charge in [-0.25, -0.2) is 14.1 Å². The summed E-state index contributed by atoms with van der Waals surface area (Å²) in [5, 5.41) is 6.67. The van der Waals surface area contributed by atoms with Crippen LogP contribution in [0.2, 0.25) is 0 Å². The number of anilines is 1. The summed E-state index contributed by atoms with van der Waals surface area (Å²) in [5.41, 5.74) is 5.98. The van der Waals surface area contributed by atoms with Gasteiger partial charge in [0.05, 0.1) is 5.41 Å². The Morgan fingerprint density at radius 2 is 2.13 bits per heavy atom. The molecule has 0 saturated heterocycles. The molecule has 1 aliphatic carbocycles. The van der Waals surface area contributed by atoms with Crippen LogP contribution in [-0.2, 0) is 4.79 Å². The Morgan fingerprint density at radius 1 is 1.39 bits per heavy atom. The number of hydrogen-bond donors (Lipinski definition) is 2. The molecular formula is C15H19ClFN5O. The van der Waals surface area contributed by atoms with Crippen LogP contribution in [0.25, 0.3) is 5.69 Å². The van der Waals surface area contributed by atoms with Crippen molar-refractivity contribution in [3.8, 4) is 5.69 Å². The Bertz CT molecular complexity index is 671. The van der Waals surface area contributed by atoms with Gasteiger partial charge in [-0.3, -0.25) is 4.79 Å². The second-order valence-corrected chi connectivity index (χ2v) is 5.65. The minimum Gasteiger partial charge on any atom is -0.329 e. The zero-order valence-corrected chi connectivity index (χ0v) is 13.4. The fourth-order valence-corrected chi connectivity index (χ4v) is 2.94. The van der Waals surface area contributed by atoms with Crippen LogP contribution in [-0.4, -0.2) is 27.2 Å². The summed E-state index contributed by atoms with van der Waals surface area (Å²) in [5.74, 6) is -0.600. The number of nitrogens with two attached hydrogens (primary N) is 1. The van der Waals surface area contributed by atoms with Gasteiger partial charge in [0.15, 0.2) is 5.82 Å². The van der Waals surface area contributed by atoms with Gasteiger partial charge in [0.1, 0.15) is 18.3 Å². The van der Waals surface area contributed by atoms with E-state index in [2.05, 4.69) is 15.4 Å². The summed E-state index contributed by atoms with van der Waals surface area (Å²) in [7, 11) is 0. The summed E-state index contributed by atoms with van der Waals surface area (Å²) >= 11 is 0. The SMILES string of the molecule is Cl.NCC1(C(=O)Nc2ccc(-n3cncn3)c(F)c2)CCCC1. The lowest BCUT2D eigenvalue weighted by atomic mass is 9.85. The molecule has 3 N–H and O–H groups in total. The third-order valence-corrected chi connectivity index (χ3v) is 4.30. The van der Waals surface area contributed by atoms with E-state index in [1.165, 1.54) is 23.4 Å². The smallest absolute Gasteiger partial charge is 0.231 e. The average Bonchev–Trinajstić information content (AvgIpc) is 3.19. The number of carbonyl (C=O) groups is 1. The molecule has 3 rings (SSSR count). The molecule has 1 saturated carbocycles. The summed E-state index contributed by atoms with van der Waals surface area (Å²) < 4.78 is 15.5. The highest BCUT2D eigenvalue weighted by Crippen LogP contribution is 2.38. The van der Waals surface area contributed by atoms with Gasteiger partial charge < -0.3 is 11.1 Å². The number of amides is 1. The standard InChI is InChI=1S/C15H18FN5O.ClH/c16-12-7-11(3-4-13(12)21-10-18-9-19-21)20-14(22)15(8-17)5-1-2-6-15;/h3-4,7,9-10H,1-2,5-6,8,17H2,(H,20,22);1H. The molecule has 0 radical (unpaired) electrons. The summed E-state index contributed by atoms with van der Waals surface area (Å²) in [6.07, 6.45) is 6.33. The molecule has 23 heavy (non-hydrogen) atoms. The molecule has 2 aromatic rings. The van der Waals surface area contributed by atoms with E-state index in [1.807, 2.05) is 0 Å².